The molecule has 168 valence electrons. The molecular weight excluding hydrogens is 428 g/mol. The number of aliphatic hydroxyl groups is 1. The Labute approximate surface area is 196 Å². The smallest absolute Gasteiger partial charge is 0.295 e. The summed E-state index contributed by atoms with van der Waals surface area (Å²) in [5.41, 5.74) is 1.98. The van der Waals surface area contributed by atoms with E-state index in [1.54, 1.807) is 37.7 Å². The highest BCUT2D eigenvalue weighted by Gasteiger charge is 2.46. The number of nitrogens with zero attached hydrogens (tertiary/aromatic N) is 2. The maximum absolute atomic E-state index is 13.3. The van der Waals surface area contributed by atoms with Gasteiger partial charge in [0.15, 0.2) is 0 Å². The molecule has 34 heavy (non-hydrogen) atoms. The van der Waals surface area contributed by atoms with Gasteiger partial charge in [0.05, 0.1) is 25.3 Å². The summed E-state index contributed by atoms with van der Waals surface area (Å²) in [5, 5.41) is 13.3. The lowest BCUT2D eigenvalue weighted by Crippen LogP contribution is -2.29. The summed E-state index contributed by atoms with van der Waals surface area (Å²) in [5.74, 6) is -0.974. The number of carbonyl (C=O) groups excluding carboxylic acids is 2. The van der Waals surface area contributed by atoms with Crippen molar-refractivity contribution in [3.05, 3.63) is 114 Å². The molecule has 1 aliphatic rings. The van der Waals surface area contributed by atoms with Gasteiger partial charge in [0.1, 0.15) is 11.5 Å². The molecule has 6 heteroatoms. The van der Waals surface area contributed by atoms with Crippen molar-refractivity contribution >= 4 is 28.2 Å². The molecule has 1 saturated heterocycles. The van der Waals surface area contributed by atoms with Crippen molar-refractivity contribution in [2.75, 3.05) is 7.11 Å². The Morgan fingerprint density at radius 2 is 1.65 bits per heavy atom. The number of carbonyl (C=O) groups is 2. The first-order valence-electron chi connectivity index (χ1n) is 10.9. The highest BCUT2D eigenvalue weighted by atomic mass is 16.5. The zero-order valence-electron chi connectivity index (χ0n) is 18.5. The van der Waals surface area contributed by atoms with Gasteiger partial charge in [-0.3, -0.25) is 14.6 Å². The first-order chi connectivity index (χ1) is 16.6. The summed E-state index contributed by atoms with van der Waals surface area (Å²) < 4.78 is 5.45. The molecule has 1 N–H and O–H groups in total. The number of likely N-dealkylation sites (tertiary alicyclic amines) is 1. The average Bonchev–Trinajstić information content (AvgIpc) is 3.13. The standard InChI is InChI=1S/C28H22N2O4/c1-34-23-9-5-4-8-22(23)17-30-25(19-12-14-29-15-13-19)24(27(32)28(30)33)26(31)21-11-10-18-6-2-3-7-20(18)16-21/h2-16,25,31H,17H2,1H3/b26-24-. The van der Waals surface area contributed by atoms with Crippen LogP contribution in [0.2, 0.25) is 0 Å². The molecule has 5 rings (SSSR count). The number of rotatable bonds is 5. The monoisotopic (exact) mass is 450 g/mol. The normalized spacial score (nSPS) is 17.3. The topological polar surface area (TPSA) is 79.7 Å². The molecule has 1 aliphatic heterocycles. The second-order valence-corrected chi connectivity index (χ2v) is 8.08. The van der Waals surface area contributed by atoms with Crippen LogP contribution >= 0.6 is 0 Å². The number of aliphatic hydroxyl groups excluding tert-OH is 1. The number of ether oxygens (including phenoxy) is 1. The summed E-state index contributed by atoms with van der Waals surface area (Å²) in [6.45, 7) is 0.149. The Morgan fingerprint density at radius 3 is 2.41 bits per heavy atom. The molecule has 1 unspecified atom stereocenters. The fraction of sp³-hybridized carbons (Fsp3) is 0.107. The summed E-state index contributed by atoms with van der Waals surface area (Å²) in [7, 11) is 1.56. The fourth-order valence-electron chi connectivity index (χ4n) is 4.44. The van der Waals surface area contributed by atoms with Crippen LogP contribution in [0, 0.1) is 0 Å². The molecular formula is C28H22N2O4. The Bertz CT molecular complexity index is 1430. The number of hydrogen-bond donors (Lipinski definition) is 1. The number of hydrogen-bond acceptors (Lipinski definition) is 5. The number of pyridine rings is 1. The van der Waals surface area contributed by atoms with Crippen molar-refractivity contribution in [3.8, 4) is 5.75 Å². The van der Waals surface area contributed by atoms with Gasteiger partial charge in [-0.25, -0.2) is 0 Å². The van der Waals surface area contributed by atoms with Crippen LogP contribution in [-0.2, 0) is 16.1 Å². The molecule has 0 aliphatic carbocycles. The Hall–Kier alpha value is -4.45. The number of ketones is 1. The average molecular weight is 450 g/mol. The van der Waals surface area contributed by atoms with Gasteiger partial charge in [-0.15, -0.1) is 0 Å². The predicted molar refractivity (Wildman–Crippen MR) is 129 cm³/mol. The number of benzene rings is 3. The fourth-order valence-corrected chi connectivity index (χ4v) is 4.44. The molecule has 1 aromatic heterocycles. The second kappa shape index (κ2) is 8.83. The molecule has 0 spiro atoms. The van der Waals surface area contributed by atoms with E-state index in [2.05, 4.69) is 4.98 Å². The predicted octanol–water partition coefficient (Wildman–Crippen LogP) is 4.87. The largest absolute Gasteiger partial charge is 0.507 e. The van der Waals surface area contributed by atoms with Gasteiger partial charge in [0, 0.05) is 23.5 Å². The van der Waals surface area contributed by atoms with Crippen LogP contribution in [0.3, 0.4) is 0 Å². The lowest BCUT2D eigenvalue weighted by Gasteiger charge is -2.26. The number of methoxy groups -OCH3 is 1. The van der Waals surface area contributed by atoms with Gasteiger partial charge in [-0.1, -0.05) is 54.6 Å². The SMILES string of the molecule is COc1ccccc1CN1C(=O)C(=O)/C(=C(\O)c2ccc3ccccc3c2)C1c1ccncc1. The third kappa shape index (κ3) is 3.69. The molecule has 2 heterocycles. The van der Waals surface area contributed by atoms with E-state index in [4.69, 9.17) is 4.74 Å². The zero-order valence-corrected chi connectivity index (χ0v) is 18.5. The van der Waals surface area contributed by atoms with Crippen molar-refractivity contribution in [1.29, 1.82) is 0 Å². The lowest BCUT2D eigenvalue weighted by molar-refractivity contribution is -0.140. The van der Waals surface area contributed by atoms with Gasteiger partial charge in [0.2, 0.25) is 0 Å². The number of fused-ring (bicyclic) bond motifs is 1. The molecule has 0 radical (unpaired) electrons. The highest BCUT2D eigenvalue weighted by Crippen LogP contribution is 2.41. The molecule has 0 saturated carbocycles. The van der Waals surface area contributed by atoms with Crippen LogP contribution in [0.15, 0.2) is 96.8 Å². The van der Waals surface area contributed by atoms with E-state index < -0.39 is 17.7 Å². The van der Waals surface area contributed by atoms with Crippen LogP contribution in [0.4, 0.5) is 0 Å². The van der Waals surface area contributed by atoms with Crippen molar-refractivity contribution in [1.82, 2.24) is 9.88 Å². The Balaban J connectivity index is 1.66. The quantitative estimate of drug-likeness (QED) is 0.267. The summed E-state index contributed by atoms with van der Waals surface area (Å²) in [6.07, 6.45) is 3.21. The van der Waals surface area contributed by atoms with Crippen molar-refractivity contribution < 1.29 is 19.4 Å². The Morgan fingerprint density at radius 1 is 0.941 bits per heavy atom. The van der Waals surface area contributed by atoms with E-state index in [1.807, 2.05) is 60.7 Å². The van der Waals surface area contributed by atoms with E-state index >= 15 is 0 Å². The molecule has 1 atom stereocenters. The van der Waals surface area contributed by atoms with Crippen LogP contribution in [-0.4, -0.2) is 33.8 Å². The number of para-hydroxylation sites is 1. The number of Topliss-reactive ketones (excluding diaryl/α,β-unsaturated/α-hetero) is 1. The maximum Gasteiger partial charge on any atom is 0.295 e. The van der Waals surface area contributed by atoms with E-state index in [9.17, 15) is 14.7 Å². The number of amides is 1. The highest BCUT2D eigenvalue weighted by molar-refractivity contribution is 6.46. The van der Waals surface area contributed by atoms with E-state index in [1.165, 1.54) is 4.90 Å². The van der Waals surface area contributed by atoms with E-state index in [-0.39, 0.29) is 17.9 Å². The van der Waals surface area contributed by atoms with E-state index in [0.717, 1.165) is 16.3 Å². The summed E-state index contributed by atoms with van der Waals surface area (Å²) in [4.78, 5) is 32.0. The molecule has 0 bridgehead atoms. The first kappa shape index (κ1) is 21.4. The minimum atomic E-state index is -0.764. The van der Waals surface area contributed by atoms with Gasteiger partial charge in [-0.2, -0.15) is 0 Å². The van der Waals surface area contributed by atoms with Gasteiger partial charge < -0.3 is 14.7 Å². The lowest BCUT2D eigenvalue weighted by atomic mass is 9.95. The van der Waals surface area contributed by atoms with Crippen LogP contribution in [0.5, 0.6) is 5.75 Å². The number of aromatic nitrogens is 1. The zero-order chi connectivity index (χ0) is 23.7. The van der Waals surface area contributed by atoms with E-state index in [0.29, 0.717) is 16.9 Å². The molecule has 3 aromatic carbocycles. The second-order valence-electron chi connectivity index (χ2n) is 8.08. The van der Waals surface area contributed by atoms with Crippen molar-refractivity contribution in [2.24, 2.45) is 0 Å². The van der Waals surface area contributed by atoms with Crippen molar-refractivity contribution in [2.45, 2.75) is 12.6 Å². The third-order valence-electron chi connectivity index (χ3n) is 6.12. The van der Waals surface area contributed by atoms with Crippen LogP contribution < -0.4 is 4.74 Å². The minimum absolute atomic E-state index is 0.0568. The van der Waals surface area contributed by atoms with Crippen LogP contribution in [0.25, 0.3) is 16.5 Å². The molecule has 1 fully saturated rings. The van der Waals surface area contributed by atoms with Crippen LogP contribution in [0.1, 0.15) is 22.7 Å². The minimum Gasteiger partial charge on any atom is -0.507 e. The third-order valence-corrected chi connectivity index (χ3v) is 6.12. The van der Waals surface area contributed by atoms with Gasteiger partial charge in [0.25, 0.3) is 11.7 Å². The van der Waals surface area contributed by atoms with Gasteiger partial charge in [-0.05, 0) is 40.6 Å². The summed E-state index contributed by atoms with van der Waals surface area (Å²) in [6, 6.07) is 23.3. The molecule has 1 amide bonds. The maximum atomic E-state index is 13.3. The Kier molecular flexibility index (Phi) is 5.55. The van der Waals surface area contributed by atoms with Gasteiger partial charge >= 0.3 is 0 Å². The molecule has 6 nitrogen and oxygen atoms in total. The first-order valence-corrected chi connectivity index (χ1v) is 10.9. The van der Waals surface area contributed by atoms with Crippen molar-refractivity contribution in [3.63, 3.8) is 0 Å². The molecule has 4 aromatic rings. The summed E-state index contributed by atoms with van der Waals surface area (Å²) >= 11 is 0.